The number of anilines is 2. The van der Waals surface area contributed by atoms with Crippen molar-refractivity contribution in [2.24, 2.45) is 0 Å². The van der Waals surface area contributed by atoms with Crippen LogP contribution in [0.25, 0.3) is 0 Å². The number of aromatic nitrogens is 1. The second-order valence-electron chi connectivity index (χ2n) is 7.35. The summed E-state index contributed by atoms with van der Waals surface area (Å²) in [4.78, 5) is 31.0. The Kier molecular flexibility index (Phi) is 5.40. The van der Waals surface area contributed by atoms with E-state index in [1.54, 1.807) is 13.0 Å². The molecule has 0 unspecified atom stereocenters. The number of rotatable bonds is 5. The summed E-state index contributed by atoms with van der Waals surface area (Å²) >= 11 is 0. The molecular weight excluding hydrogens is 358 g/mol. The van der Waals surface area contributed by atoms with E-state index in [0.717, 1.165) is 44.8 Å². The second-order valence-corrected chi connectivity index (χ2v) is 7.35. The van der Waals surface area contributed by atoms with Crippen molar-refractivity contribution in [1.29, 1.82) is 0 Å². The van der Waals surface area contributed by atoms with E-state index < -0.39 is 0 Å². The van der Waals surface area contributed by atoms with E-state index in [4.69, 9.17) is 4.52 Å². The number of carbonyl (C=O) groups is 2. The van der Waals surface area contributed by atoms with Gasteiger partial charge in [-0.15, -0.1) is 0 Å². The fourth-order valence-corrected chi connectivity index (χ4v) is 3.79. The average Bonchev–Trinajstić information content (AvgIpc) is 3.29. The van der Waals surface area contributed by atoms with Gasteiger partial charge in [0.2, 0.25) is 11.8 Å². The molecule has 1 aromatic heterocycles. The zero-order valence-corrected chi connectivity index (χ0v) is 16.1. The molecule has 2 aliphatic heterocycles. The van der Waals surface area contributed by atoms with Gasteiger partial charge in [0.15, 0.2) is 5.82 Å². The van der Waals surface area contributed by atoms with Gasteiger partial charge >= 0.3 is 0 Å². The smallest absolute Gasteiger partial charge is 0.241 e. The summed E-state index contributed by atoms with van der Waals surface area (Å²) in [7, 11) is 0. The number of piperazine rings is 1. The van der Waals surface area contributed by atoms with Crippen molar-refractivity contribution in [2.45, 2.75) is 13.3 Å². The van der Waals surface area contributed by atoms with Gasteiger partial charge in [0.25, 0.3) is 0 Å². The van der Waals surface area contributed by atoms with Crippen LogP contribution in [0.2, 0.25) is 0 Å². The summed E-state index contributed by atoms with van der Waals surface area (Å²) in [6, 6.07) is 9.80. The third-order valence-corrected chi connectivity index (χ3v) is 5.27. The second kappa shape index (κ2) is 8.12. The van der Waals surface area contributed by atoms with Gasteiger partial charge in [-0.2, -0.15) is 0 Å². The molecule has 0 aliphatic carbocycles. The molecule has 28 heavy (non-hydrogen) atoms. The van der Waals surface area contributed by atoms with Gasteiger partial charge < -0.3 is 14.7 Å². The third kappa shape index (κ3) is 4.23. The molecule has 1 aromatic carbocycles. The van der Waals surface area contributed by atoms with Gasteiger partial charge in [0, 0.05) is 44.5 Å². The monoisotopic (exact) mass is 383 g/mol. The molecule has 0 bridgehead atoms. The summed E-state index contributed by atoms with van der Waals surface area (Å²) in [5.74, 6) is 1.15. The number of fused-ring (bicyclic) bond motifs is 1. The first-order valence-electron chi connectivity index (χ1n) is 9.64. The van der Waals surface area contributed by atoms with Crippen molar-refractivity contribution >= 4 is 23.3 Å². The number of amides is 2. The van der Waals surface area contributed by atoms with Gasteiger partial charge in [-0.1, -0.05) is 23.4 Å². The number of benzene rings is 1. The summed E-state index contributed by atoms with van der Waals surface area (Å²) < 4.78 is 4.95. The minimum Gasteiger partial charge on any atom is -0.360 e. The van der Waals surface area contributed by atoms with E-state index in [2.05, 4.69) is 26.3 Å². The highest BCUT2D eigenvalue weighted by molar-refractivity contribution is 5.96. The zero-order chi connectivity index (χ0) is 19.5. The number of aryl methyl sites for hydroxylation is 1. The van der Waals surface area contributed by atoms with Crippen LogP contribution in [0.4, 0.5) is 11.5 Å². The first-order valence-corrected chi connectivity index (χ1v) is 9.64. The predicted octanol–water partition coefficient (Wildman–Crippen LogP) is 1.13. The summed E-state index contributed by atoms with van der Waals surface area (Å²) in [6.45, 7) is 6.35. The van der Waals surface area contributed by atoms with E-state index in [-0.39, 0.29) is 11.8 Å². The SMILES string of the molecule is Cc1cc(NC(=O)CN2CCN(CC(=O)N3CCc4ccccc43)CC2)no1. The lowest BCUT2D eigenvalue weighted by molar-refractivity contribution is -0.121. The van der Waals surface area contributed by atoms with Gasteiger partial charge in [0.1, 0.15) is 5.76 Å². The van der Waals surface area contributed by atoms with Crippen LogP contribution in [0, 0.1) is 6.92 Å². The Hall–Kier alpha value is -2.71. The number of nitrogens with zero attached hydrogens (tertiary/aromatic N) is 4. The summed E-state index contributed by atoms with van der Waals surface area (Å²) in [5, 5.41) is 6.51. The molecule has 8 nitrogen and oxygen atoms in total. The lowest BCUT2D eigenvalue weighted by atomic mass is 10.2. The van der Waals surface area contributed by atoms with Crippen molar-refractivity contribution in [3.05, 3.63) is 41.7 Å². The molecule has 8 heteroatoms. The summed E-state index contributed by atoms with van der Waals surface area (Å²) in [6.07, 6.45) is 0.926. The maximum atomic E-state index is 12.7. The molecule has 1 saturated heterocycles. The number of hydrogen-bond acceptors (Lipinski definition) is 6. The van der Waals surface area contributed by atoms with Gasteiger partial charge in [-0.05, 0) is 25.0 Å². The highest BCUT2D eigenvalue weighted by Crippen LogP contribution is 2.27. The predicted molar refractivity (Wildman–Crippen MR) is 105 cm³/mol. The topological polar surface area (TPSA) is 81.9 Å². The van der Waals surface area contributed by atoms with Crippen molar-refractivity contribution in [3.63, 3.8) is 0 Å². The Morgan fingerprint density at radius 3 is 2.50 bits per heavy atom. The standard InChI is InChI=1S/C20H25N5O3/c1-15-12-18(22-28-15)21-19(26)13-23-8-10-24(11-9-23)14-20(27)25-7-6-16-4-2-3-5-17(16)25/h2-5,12H,6-11,13-14H2,1H3,(H,21,22,26). The van der Waals surface area contributed by atoms with Crippen LogP contribution in [0.1, 0.15) is 11.3 Å². The Labute approximate surface area is 164 Å². The largest absolute Gasteiger partial charge is 0.360 e. The fraction of sp³-hybridized carbons (Fsp3) is 0.450. The van der Waals surface area contributed by atoms with Crippen molar-refractivity contribution in [3.8, 4) is 0 Å². The Morgan fingerprint density at radius 1 is 1.07 bits per heavy atom. The molecule has 0 spiro atoms. The zero-order valence-electron chi connectivity index (χ0n) is 16.1. The van der Waals surface area contributed by atoms with Crippen molar-refractivity contribution < 1.29 is 14.1 Å². The van der Waals surface area contributed by atoms with Crippen molar-refractivity contribution in [1.82, 2.24) is 15.0 Å². The normalized spacial score (nSPS) is 17.5. The Morgan fingerprint density at radius 2 is 1.79 bits per heavy atom. The lowest BCUT2D eigenvalue weighted by Crippen LogP contribution is -2.51. The molecule has 2 aromatic rings. The van der Waals surface area contributed by atoms with Crippen LogP contribution in [0.15, 0.2) is 34.9 Å². The summed E-state index contributed by atoms with van der Waals surface area (Å²) in [5.41, 5.74) is 2.29. The molecule has 0 radical (unpaired) electrons. The number of nitrogens with one attached hydrogen (secondary N) is 1. The highest BCUT2D eigenvalue weighted by atomic mass is 16.5. The highest BCUT2D eigenvalue weighted by Gasteiger charge is 2.27. The van der Waals surface area contributed by atoms with Crippen LogP contribution in [0.3, 0.4) is 0 Å². The number of para-hydroxylation sites is 1. The maximum Gasteiger partial charge on any atom is 0.241 e. The molecule has 4 rings (SSSR count). The molecule has 1 fully saturated rings. The lowest BCUT2D eigenvalue weighted by Gasteiger charge is -2.34. The van der Waals surface area contributed by atoms with Crippen LogP contribution < -0.4 is 10.2 Å². The van der Waals surface area contributed by atoms with Gasteiger partial charge in [-0.25, -0.2) is 0 Å². The van der Waals surface area contributed by atoms with Crippen LogP contribution in [-0.4, -0.2) is 72.6 Å². The molecule has 0 saturated carbocycles. The van der Waals surface area contributed by atoms with Crippen molar-refractivity contribution in [2.75, 3.05) is 56.0 Å². The third-order valence-electron chi connectivity index (χ3n) is 5.27. The molecule has 2 amide bonds. The molecule has 2 aliphatic rings. The van der Waals surface area contributed by atoms with Crippen LogP contribution in [0.5, 0.6) is 0 Å². The fourth-order valence-electron chi connectivity index (χ4n) is 3.79. The Balaban J connectivity index is 1.22. The van der Waals surface area contributed by atoms with E-state index in [1.165, 1.54) is 5.56 Å². The minimum atomic E-state index is -0.105. The van der Waals surface area contributed by atoms with E-state index in [0.29, 0.717) is 24.7 Å². The van der Waals surface area contributed by atoms with Gasteiger partial charge in [0.05, 0.1) is 13.1 Å². The van der Waals surface area contributed by atoms with Gasteiger partial charge in [-0.3, -0.25) is 19.4 Å². The number of carbonyl (C=O) groups excluding carboxylic acids is 2. The molecular formula is C20H25N5O3. The molecule has 3 heterocycles. The molecule has 148 valence electrons. The maximum absolute atomic E-state index is 12.7. The van der Waals surface area contributed by atoms with E-state index in [1.807, 2.05) is 23.1 Å². The number of hydrogen-bond donors (Lipinski definition) is 1. The minimum absolute atomic E-state index is 0.105. The first kappa shape index (κ1) is 18.6. The van der Waals surface area contributed by atoms with E-state index >= 15 is 0 Å². The van der Waals surface area contributed by atoms with Crippen LogP contribution in [-0.2, 0) is 16.0 Å². The average molecular weight is 383 g/mol. The molecule has 1 N–H and O–H groups in total. The quantitative estimate of drug-likeness (QED) is 0.834. The Bertz CT molecular complexity index is 857. The molecule has 0 atom stereocenters. The van der Waals surface area contributed by atoms with E-state index in [9.17, 15) is 9.59 Å². The first-order chi connectivity index (χ1) is 13.6. The van der Waals surface area contributed by atoms with Crippen LogP contribution >= 0.6 is 0 Å².